The summed E-state index contributed by atoms with van der Waals surface area (Å²) in [5.41, 5.74) is -1.31. The first kappa shape index (κ1) is 13.1. The van der Waals surface area contributed by atoms with Crippen LogP contribution in [0.25, 0.3) is 0 Å². The lowest BCUT2D eigenvalue weighted by Crippen LogP contribution is -2.27. The molecule has 0 N–H and O–H groups in total. The molecule has 0 atom stereocenters. The van der Waals surface area contributed by atoms with E-state index in [-0.39, 0.29) is 4.90 Å². The third-order valence-electron chi connectivity index (χ3n) is 2.03. The van der Waals surface area contributed by atoms with Crippen LogP contribution in [0.3, 0.4) is 0 Å². The van der Waals surface area contributed by atoms with Gasteiger partial charge in [0, 0.05) is 7.05 Å². The Kier molecular flexibility index (Phi) is 3.50. The molecule has 0 heterocycles. The minimum absolute atomic E-state index is 0.281. The summed E-state index contributed by atoms with van der Waals surface area (Å²) in [7, 11) is 0.863. The smallest absolute Gasteiger partial charge is 0.250 e. The first-order chi connectivity index (χ1) is 7.82. The van der Waals surface area contributed by atoms with Crippen LogP contribution in [0.5, 0.6) is 0 Å². The fraction of sp³-hybridized carbons (Fsp3) is 0.100. The van der Waals surface area contributed by atoms with Crippen molar-refractivity contribution in [2.24, 2.45) is 0 Å². The van der Waals surface area contributed by atoms with Gasteiger partial charge >= 0.3 is 0 Å². The van der Waals surface area contributed by atoms with Crippen molar-refractivity contribution in [3.05, 3.63) is 41.7 Å². The van der Waals surface area contributed by atoms with Crippen LogP contribution in [0.15, 0.2) is 12.7 Å². The van der Waals surface area contributed by atoms with Gasteiger partial charge in [-0.1, -0.05) is 6.58 Å². The summed E-state index contributed by atoms with van der Waals surface area (Å²) in [4.78, 5) is 11.3. The molecule has 1 rings (SSSR count). The minimum Gasteiger partial charge on any atom is -0.307 e. The summed E-state index contributed by atoms with van der Waals surface area (Å²) in [6.07, 6.45) is 0.679. The third-order valence-corrected chi connectivity index (χ3v) is 2.03. The van der Waals surface area contributed by atoms with Gasteiger partial charge in [-0.3, -0.25) is 4.79 Å². The quantitative estimate of drug-likeness (QED) is 0.342. The molecule has 0 saturated carbocycles. The Bertz CT molecular complexity index is 471. The number of rotatable bonds is 2. The molecule has 0 aliphatic heterocycles. The molecule has 92 valence electrons. The standard InChI is InChI=1S/C10H6F5NO/c1-3-4(17)16(2)10-8(14)6(12)5(11)7(13)9(10)15/h3H,1H2,2H3. The van der Waals surface area contributed by atoms with Crippen LogP contribution in [0, 0.1) is 29.1 Å². The largest absolute Gasteiger partial charge is 0.307 e. The molecule has 7 heteroatoms. The minimum atomic E-state index is -2.27. The highest BCUT2D eigenvalue weighted by atomic mass is 19.2. The van der Waals surface area contributed by atoms with Crippen LogP contribution in [-0.4, -0.2) is 13.0 Å². The van der Waals surface area contributed by atoms with Gasteiger partial charge in [-0.05, 0) is 6.08 Å². The number of carbonyl (C=O) groups excluding carboxylic acids is 1. The van der Waals surface area contributed by atoms with Gasteiger partial charge in [0.05, 0.1) is 0 Å². The number of nitrogens with zero attached hydrogens (tertiary/aromatic N) is 1. The Hall–Kier alpha value is -1.92. The van der Waals surface area contributed by atoms with Gasteiger partial charge in [0.2, 0.25) is 11.7 Å². The van der Waals surface area contributed by atoms with Gasteiger partial charge in [-0.2, -0.15) is 0 Å². The van der Waals surface area contributed by atoms with Crippen LogP contribution in [0.4, 0.5) is 27.6 Å². The predicted molar refractivity (Wildman–Crippen MR) is 49.8 cm³/mol. The Balaban J connectivity index is 3.54. The number of benzene rings is 1. The molecule has 17 heavy (non-hydrogen) atoms. The zero-order valence-electron chi connectivity index (χ0n) is 8.53. The average Bonchev–Trinajstić information content (AvgIpc) is 2.32. The van der Waals surface area contributed by atoms with E-state index >= 15 is 0 Å². The maximum atomic E-state index is 13.2. The van der Waals surface area contributed by atoms with Crippen molar-refractivity contribution < 1.29 is 26.7 Å². The highest BCUT2D eigenvalue weighted by molar-refractivity contribution is 6.00. The van der Waals surface area contributed by atoms with Crippen molar-refractivity contribution in [3.63, 3.8) is 0 Å². The van der Waals surface area contributed by atoms with Crippen molar-refractivity contribution in [3.8, 4) is 0 Å². The Morgan fingerprint density at radius 2 is 1.35 bits per heavy atom. The normalized spacial score (nSPS) is 10.2. The second-order valence-corrected chi connectivity index (χ2v) is 3.02. The van der Waals surface area contributed by atoms with Crippen molar-refractivity contribution in [2.75, 3.05) is 11.9 Å². The van der Waals surface area contributed by atoms with Gasteiger partial charge < -0.3 is 4.90 Å². The number of carbonyl (C=O) groups is 1. The van der Waals surface area contributed by atoms with Crippen molar-refractivity contribution in [1.82, 2.24) is 0 Å². The van der Waals surface area contributed by atoms with E-state index in [1.165, 1.54) is 0 Å². The fourth-order valence-electron chi connectivity index (χ4n) is 1.13. The number of amides is 1. The molecule has 0 spiro atoms. The zero-order chi connectivity index (χ0) is 13.3. The van der Waals surface area contributed by atoms with Gasteiger partial charge in [-0.25, -0.2) is 22.0 Å². The molecule has 0 bridgehead atoms. The van der Waals surface area contributed by atoms with E-state index in [1.54, 1.807) is 0 Å². The highest BCUT2D eigenvalue weighted by Gasteiger charge is 2.29. The number of likely N-dealkylation sites (N-methyl/N-ethyl adjacent to an activating group) is 1. The maximum absolute atomic E-state index is 13.2. The zero-order valence-corrected chi connectivity index (χ0v) is 8.53. The summed E-state index contributed by atoms with van der Waals surface area (Å²) >= 11 is 0. The fourth-order valence-corrected chi connectivity index (χ4v) is 1.13. The molecule has 0 aliphatic carbocycles. The summed E-state index contributed by atoms with van der Waals surface area (Å²) < 4.78 is 64.7. The molecule has 1 aromatic carbocycles. The van der Waals surface area contributed by atoms with Gasteiger partial charge in [-0.15, -0.1) is 0 Å². The average molecular weight is 251 g/mol. The number of hydrogen-bond donors (Lipinski definition) is 0. The number of hydrogen-bond acceptors (Lipinski definition) is 1. The van der Waals surface area contributed by atoms with E-state index in [0.29, 0.717) is 6.08 Å². The maximum Gasteiger partial charge on any atom is 0.250 e. The summed E-state index contributed by atoms with van der Waals surface area (Å²) in [5.74, 6) is -11.6. The third kappa shape index (κ3) is 2.00. The van der Waals surface area contributed by atoms with E-state index in [0.717, 1.165) is 7.05 Å². The Morgan fingerprint density at radius 3 is 1.71 bits per heavy atom. The van der Waals surface area contributed by atoms with E-state index in [9.17, 15) is 26.7 Å². The van der Waals surface area contributed by atoms with Gasteiger partial charge in [0.25, 0.3) is 0 Å². The molecule has 0 aliphatic rings. The number of anilines is 1. The van der Waals surface area contributed by atoms with E-state index < -0.39 is 40.7 Å². The summed E-state index contributed by atoms with van der Waals surface area (Å²) in [6, 6.07) is 0. The summed E-state index contributed by atoms with van der Waals surface area (Å²) in [5, 5.41) is 0. The van der Waals surface area contributed by atoms with Crippen LogP contribution < -0.4 is 4.90 Å². The lowest BCUT2D eigenvalue weighted by molar-refractivity contribution is -0.113. The van der Waals surface area contributed by atoms with E-state index in [1.807, 2.05) is 0 Å². The molecule has 0 saturated heterocycles. The predicted octanol–water partition coefficient (Wildman–Crippen LogP) is 2.53. The van der Waals surface area contributed by atoms with E-state index in [4.69, 9.17) is 0 Å². The van der Waals surface area contributed by atoms with Crippen LogP contribution >= 0.6 is 0 Å². The molecule has 2 nitrogen and oxygen atoms in total. The molecule has 0 radical (unpaired) electrons. The second kappa shape index (κ2) is 4.52. The van der Waals surface area contributed by atoms with Crippen molar-refractivity contribution in [2.45, 2.75) is 0 Å². The van der Waals surface area contributed by atoms with Gasteiger partial charge in [0.15, 0.2) is 23.3 Å². The molecule has 0 aromatic heterocycles. The number of halogens is 5. The molecule has 0 fully saturated rings. The van der Waals surface area contributed by atoms with Gasteiger partial charge in [0.1, 0.15) is 5.69 Å². The Morgan fingerprint density at radius 1 is 1.00 bits per heavy atom. The first-order valence-electron chi connectivity index (χ1n) is 4.24. The molecule has 1 amide bonds. The highest BCUT2D eigenvalue weighted by Crippen LogP contribution is 2.29. The first-order valence-corrected chi connectivity index (χ1v) is 4.24. The van der Waals surface area contributed by atoms with Crippen LogP contribution in [0.2, 0.25) is 0 Å². The van der Waals surface area contributed by atoms with Crippen molar-refractivity contribution >= 4 is 11.6 Å². The van der Waals surface area contributed by atoms with E-state index in [2.05, 4.69) is 6.58 Å². The summed E-state index contributed by atoms with van der Waals surface area (Å²) in [6.45, 7) is 3.03. The lowest BCUT2D eigenvalue weighted by Gasteiger charge is -2.17. The Labute approximate surface area is 93.0 Å². The molecular formula is C10H6F5NO. The molecular weight excluding hydrogens is 245 g/mol. The monoisotopic (exact) mass is 251 g/mol. The van der Waals surface area contributed by atoms with Crippen LogP contribution in [0.1, 0.15) is 0 Å². The topological polar surface area (TPSA) is 20.3 Å². The SMILES string of the molecule is C=CC(=O)N(C)c1c(F)c(F)c(F)c(F)c1F. The molecule has 1 aromatic rings. The second-order valence-electron chi connectivity index (χ2n) is 3.02. The molecule has 0 unspecified atom stereocenters. The lowest BCUT2D eigenvalue weighted by atomic mass is 10.2. The van der Waals surface area contributed by atoms with Crippen molar-refractivity contribution in [1.29, 1.82) is 0 Å². The van der Waals surface area contributed by atoms with Crippen LogP contribution in [-0.2, 0) is 4.79 Å².